The fourth-order valence-electron chi connectivity index (χ4n) is 2.91. The average molecular weight is 209 g/mol. The zero-order valence-electron chi connectivity index (χ0n) is 10.8. The third-order valence-electron chi connectivity index (χ3n) is 3.95. The first kappa shape index (κ1) is 12.8. The number of likely N-dealkylation sites (tertiary alicyclic amines) is 1. The number of nitrogens with zero attached hydrogens (tertiary/aromatic N) is 1. The highest BCUT2D eigenvalue weighted by Crippen LogP contribution is 2.39. The molecular weight excluding hydrogens is 182 g/mol. The second-order valence-corrected chi connectivity index (χ2v) is 5.37. The van der Waals surface area contributed by atoms with Gasteiger partial charge in [0.1, 0.15) is 0 Å². The quantitative estimate of drug-likeness (QED) is 0.622. The summed E-state index contributed by atoms with van der Waals surface area (Å²) < 4.78 is 0. The Morgan fingerprint density at radius 2 is 1.93 bits per heavy atom. The van der Waals surface area contributed by atoms with Crippen molar-refractivity contribution >= 4 is 0 Å². The van der Waals surface area contributed by atoms with Gasteiger partial charge in [0.15, 0.2) is 0 Å². The first-order valence-corrected chi connectivity index (χ1v) is 6.48. The molecule has 1 rings (SSSR count). The van der Waals surface area contributed by atoms with Crippen molar-refractivity contribution in [2.75, 3.05) is 13.1 Å². The minimum absolute atomic E-state index is 0.585. The summed E-state index contributed by atoms with van der Waals surface area (Å²) in [6, 6.07) is 0.716. The first-order chi connectivity index (χ1) is 7.13. The maximum absolute atomic E-state index is 3.92. The summed E-state index contributed by atoms with van der Waals surface area (Å²) in [6.07, 6.45) is 8.77. The van der Waals surface area contributed by atoms with Crippen molar-refractivity contribution in [1.82, 2.24) is 4.90 Å². The van der Waals surface area contributed by atoms with Crippen LogP contribution in [0.25, 0.3) is 0 Å². The van der Waals surface area contributed by atoms with Gasteiger partial charge in [0, 0.05) is 6.04 Å². The SMILES string of the molecule is C=CCC1(CCC)CCN(C(C)C)CC1. The Bertz CT molecular complexity index is 188. The minimum atomic E-state index is 0.585. The van der Waals surface area contributed by atoms with Crippen LogP contribution in [-0.2, 0) is 0 Å². The Kier molecular flexibility index (Phi) is 4.85. The molecule has 0 amide bonds. The van der Waals surface area contributed by atoms with Crippen LogP contribution in [0.4, 0.5) is 0 Å². The van der Waals surface area contributed by atoms with Crippen LogP contribution in [0.15, 0.2) is 12.7 Å². The van der Waals surface area contributed by atoms with Gasteiger partial charge in [-0.05, 0) is 58.0 Å². The summed E-state index contributed by atoms with van der Waals surface area (Å²) in [5.41, 5.74) is 0.585. The monoisotopic (exact) mass is 209 g/mol. The number of hydrogen-bond acceptors (Lipinski definition) is 1. The number of allylic oxidation sites excluding steroid dienone is 1. The standard InChI is InChI=1S/C14H27N/c1-5-7-14(8-6-2)9-11-15(12-10-14)13(3)4/h5,13H,1,6-12H2,2-4H3. The van der Waals surface area contributed by atoms with Crippen LogP contribution in [0.3, 0.4) is 0 Å². The summed E-state index contributed by atoms with van der Waals surface area (Å²) in [7, 11) is 0. The lowest BCUT2D eigenvalue weighted by Crippen LogP contribution is -2.43. The van der Waals surface area contributed by atoms with Crippen molar-refractivity contribution < 1.29 is 0 Å². The van der Waals surface area contributed by atoms with E-state index in [1.165, 1.54) is 45.2 Å². The number of piperidine rings is 1. The first-order valence-electron chi connectivity index (χ1n) is 6.48. The predicted molar refractivity (Wildman–Crippen MR) is 68.1 cm³/mol. The smallest absolute Gasteiger partial charge is 0.00385 e. The maximum Gasteiger partial charge on any atom is 0.00385 e. The molecule has 0 bridgehead atoms. The van der Waals surface area contributed by atoms with Gasteiger partial charge in [-0.3, -0.25) is 0 Å². The Hall–Kier alpha value is -0.300. The van der Waals surface area contributed by atoms with E-state index in [1.54, 1.807) is 0 Å². The van der Waals surface area contributed by atoms with Crippen LogP contribution in [0.1, 0.15) is 52.9 Å². The van der Waals surface area contributed by atoms with Gasteiger partial charge in [0.2, 0.25) is 0 Å². The van der Waals surface area contributed by atoms with Crippen LogP contribution in [0.5, 0.6) is 0 Å². The molecule has 0 radical (unpaired) electrons. The molecule has 88 valence electrons. The van der Waals surface area contributed by atoms with E-state index in [0.717, 1.165) is 0 Å². The molecule has 0 unspecified atom stereocenters. The van der Waals surface area contributed by atoms with E-state index in [9.17, 15) is 0 Å². The molecule has 1 heteroatoms. The molecule has 1 aliphatic rings. The van der Waals surface area contributed by atoms with E-state index >= 15 is 0 Å². The van der Waals surface area contributed by atoms with E-state index < -0.39 is 0 Å². The van der Waals surface area contributed by atoms with Gasteiger partial charge in [-0.2, -0.15) is 0 Å². The summed E-state index contributed by atoms with van der Waals surface area (Å²) >= 11 is 0. The fourth-order valence-corrected chi connectivity index (χ4v) is 2.91. The second kappa shape index (κ2) is 5.69. The zero-order chi connectivity index (χ0) is 11.3. The third-order valence-corrected chi connectivity index (χ3v) is 3.95. The molecule has 0 atom stereocenters. The van der Waals surface area contributed by atoms with Gasteiger partial charge in [-0.1, -0.05) is 19.4 Å². The van der Waals surface area contributed by atoms with Gasteiger partial charge in [-0.25, -0.2) is 0 Å². The van der Waals surface area contributed by atoms with Gasteiger partial charge in [0.05, 0.1) is 0 Å². The molecular formula is C14H27N. The normalized spacial score (nSPS) is 21.9. The lowest BCUT2D eigenvalue weighted by molar-refractivity contribution is 0.0770. The number of hydrogen-bond donors (Lipinski definition) is 0. The van der Waals surface area contributed by atoms with E-state index in [-0.39, 0.29) is 0 Å². The third kappa shape index (κ3) is 3.34. The lowest BCUT2D eigenvalue weighted by atomic mass is 9.72. The maximum atomic E-state index is 3.92. The largest absolute Gasteiger partial charge is 0.301 e. The summed E-state index contributed by atoms with van der Waals surface area (Å²) in [4.78, 5) is 2.61. The van der Waals surface area contributed by atoms with E-state index in [1.807, 2.05) is 0 Å². The average Bonchev–Trinajstić information content (AvgIpc) is 2.19. The number of rotatable bonds is 5. The fraction of sp³-hybridized carbons (Fsp3) is 0.857. The second-order valence-electron chi connectivity index (χ2n) is 5.37. The molecule has 1 aliphatic heterocycles. The van der Waals surface area contributed by atoms with Crippen molar-refractivity contribution in [3.8, 4) is 0 Å². The van der Waals surface area contributed by atoms with Gasteiger partial charge >= 0.3 is 0 Å². The Labute approximate surface area is 95.5 Å². The van der Waals surface area contributed by atoms with Crippen LogP contribution in [0, 0.1) is 5.41 Å². The van der Waals surface area contributed by atoms with Gasteiger partial charge in [-0.15, -0.1) is 6.58 Å². The zero-order valence-corrected chi connectivity index (χ0v) is 10.8. The van der Waals surface area contributed by atoms with E-state index in [4.69, 9.17) is 0 Å². The Morgan fingerprint density at radius 1 is 1.33 bits per heavy atom. The van der Waals surface area contributed by atoms with Crippen molar-refractivity contribution in [3.05, 3.63) is 12.7 Å². The Balaban J connectivity index is 2.52. The molecule has 15 heavy (non-hydrogen) atoms. The summed E-state index contributed by atoms with van der Waals surface area (Å²) in [5, 5.41) is 0. The highest BCUT2D eigenvalue weighted by Gasteiger charge is 2.32. The van der Waals surface area contributed by atoms with Crippen molar-refractivity contribution in [3.63, 3.8) is 0 Å². The van der Waals surface area contributed by atoms with Gasteiger partial charge in [0.25, 0.3) is 0 Å². The van der Waals surface area contributed by atoms with Crippen LogP contribution in [-0.4, -0.2) is 24.0 Å². The van der Waals surface area contributed by atoms with E-state index in [2.05, 4.69) is 38.3 Å². The molecule has 0 aliphatic carbocycles. The molecule has 0 aromatic rings. The van der Waals surface area contributed by atoms with Crippen LogP contribution < -0.4 is 0 Å². The van der Waals surface area contributed by atoms with Crippen LogP contribution >= 0.6 is 0 Å². The molecule has 1 saturated heterocycles. The molecule has 1 nitrogen and oxygen atoms in total. The molecule has 0 aromatic carbocycles. The predicted octanol–water partition coefficient (Wildman–Crippen LogP) is 3.85. The molecule has 1 fully saturated rings. The molecule has 0 aromatic heterocycles. The highest BCUT2D eigenvalue weighted by atomic mass is 15.2. The summed E-state index contributed by atoms with van der Waals surface area (Å²) in [5.74, 6) is 0. The van der Waals surface area contributed by atoms with Crippen molar-refractivity contribution in [2.45, 2.75) is 58.9 Å². The highest BCUT2D eigenvalue weighted by molar-refractivity contribution is 4.91. The lowest BCUT2D eigenvalue weighted by Gasteiger charge is -2.43. The minimum Gasteiger partial charge on any atom is -0.301 e. The molecule has 1 heterocycles. The molecule has 0 spiro atoms. The molecule has 0 N–H and O–H groups in total. The Morgan fingerprint density at radius 3 is 2.33 bits per heavy atom. The van der Waals surface area contributed by atoms with Gasteiger partial charge < -0.3 is 4.90 Å². The van der Waals surface area contributed by atoms with Crippen LogP contribution in [0.2, 0.25) is 0 Å². The summed E-state index contributed by atoms with van der Waals surface area (Å²) in [6.45, 7) is 13.4. The van der Waals surface area contributed by atoms with Crippen molar-refractivity contribution in [2.24, 2.45) is 5.41 Å². The molecule has 0 saturated carbocycles. The topological polar surface area (TPSA) is 3.24 Å². The van der Waals surface area contributed by atoms with E-state index in [0.29, 0.717) is 11.5 Å². The van der Waals surface area contributed by atoms with Crippen molar-refractivity contribution in [1.29, 1.82) is 0 Å².